The van der Waals surface area contributed by atoms with Crippen LogP contribution in [0.1, 0.15) is 28.9 Å². The first kappa shape index (κ1) is 20.2. The molecule has 0 saturated carbocycles. The second kappa shape index (κ2) is 9.17. The van der Waals surface area contributed by atoms with E-state index < -0.39 is 18.0 Å². The maximum atomic E-state index is 13.2. The van der Waals surface area contributed by atoms with E-state index in [0.717, 1.165) is 10.9 Å². The van der Waals surface area contributed by atoms with E-state index in [-0.39, 0.29) is 0 Å². The minimum atomic E-state index is -1.13. The summed E-state index contributed by atoms with van der Waals surface area (Å²) in [5.41, 5.74) is 2.28. The number of fused-ring (bicyclic) bond motifs is 1. The van der Waals surface area contributed by atoms with Gasteiger partial charge in [-0.3, -0.25) is 4.79 Å². The molecule has 6 nitrogen and oxygen atoms in total. The summed E-state index contributed by atoms with van der Waals surface area (Å²) in [6.45, 7) is 2.33. The molecule has 0 aliphatic heterocycles. The van der Waals surface area contributed by atoms with Gasteiger partial charge in [0.05, 0.1) is 17.9 Å². The van der Waals surface area contributed by atoms with Gasteiger partial charge in [0.15, 0.2) is 0 Å². The van der Waals surface area contributed by atoms with E-state index in [4.69, 9.17) is 9.47 Å². The quantitative estimate of drug-likeness (QED) is 0.412. The van der Waals surface area contributed by atoms with Crippen molar-refractivity contribution in [3.05, 3.63) is 96.2 Å². The molecule has 1 atom stereocenters. The van der Waals surface area contributed by atoms with Crippen LogP contribution in [0.3, 0.4) is 0 Å². The lowest BCUT2D eigenvalue weighted by Crippen LogP contribution is -2.26. The number of amides is 1. The Bertz CT molecular complexity index is 1200. The molecule has 1 aromatic heterocycles. The summed E-state index contributed by atoms with van der Waals surface area (Å²) >= 11 is 0. The summed E-state index contributed by atoms with van der Waals surface area (Å²) in [4.78, 5) is 29.2. The van der Waals surface area contributed by atoms with Gasteiger partial charge in [0.25, 0.3) is 5.91 Å². The van der Waals surface area contributed by atoms with Gasteiger partial charge in [0.1, 0.15) is 5.75 Å². The number of rotatable bonds is 7. The van der Waals surface area contributed by atoms with Gasteiger partial charge in [-0.2, -0.15) is 0 Å². The van der Waals surface area contributed by atoms with Crippen molar-refractivity contribution in [3.8, 4) is 5.75 Å². The number of nitrogens with one attached hydrogen (secondary N) is 2. The van der Waals surface area contributed by atoms with Gasteiger partial charge in [0.2, 0.25) is 6.10 Å². The van der Waals surface area contributed by atoms with Crippen LogP contribution in [0.4, 0.5) is 5.69 Å². The zero-order valence-electron chi connectivity index (χ0n) is 17.0. The molecule has 0 bridgehead atoms. The topological polar surface area (TPSA) is 80.4 Å². The third-order valence-corrected chi connectivity index (χ3v) is 4.82. The third kappa shape index (κ3) is 4.43. The average molecular weight is 414 g/mol. The van der Waals surface area contributed by atoms with Gasteiger partial charge < -0.3 is 19.8 Å². The normalized spacial score (nSPS) is 11.6. The fourth-order valence-corrected chi connectivity index (χ4v) is 3.36. The molecule has 0 spiro atoms. The summed E-state index contributed by atoms with van der Waals surface area (Å²) in [5.74, 6) is -0.501. The molecule has 1 heterocycles. The molecule has 156 valence electrons. The number of esters is 1. The third-order valence-electron chi connectivity index (χ3n) is 4.82. The predicted octanol–water partition coefficient (Wildman–Crippen LogP) is 5.10. The second-order valence-electron chi connectivity index (χ2n) is 6.86. The molecular formula is C25H22N2O4. The Balaban J connectivity index is 1.62. The van der Waals surface area contributed by atoms with E-state index in [1.807, 2.05) is 43.3 Å². The van der Waals surface area contributed by atoms with Crippen LogP contribution in [0.15, 0.2) is 85.1 Å². The molecule has 0 radical (unpaired) electrons. The molecular weight excluding hydrogens is 392 g/mol. The molecule has 6 heteroatoms. The zero-order chi connectivity index (χ0) is 21.6. The zero-order valence-corrected chi connectivity index (χ0v) is 17.0. The number of benzene rings is 3. The summed E-state index contributed by atoms with van der Waals surface area (Å²) in [6.07, 6.45) is 0.467. The number of hydrogen-bond donors (Lipinski definition) is 2. The van der Waals surface area contributed by atoms with E-state index >= 15 is 0 Å². The van der Waals surface area contributed by atoms with Crippen LogP contribution in [-0.4, -0.2) is 23.5 Å². The predicted molar refractivity (Wildman–Crippen MR) is 119 cm³/mol. The summed E-state index contributed by atoms with van der Waals surface area (Å²) < 4.78 is 11.3. The van der Waals surface area contributed by atoms with E-state index in [1.165, 1.54) is 0 Å². The van der Waals surface area contributed by atoms with Gasteiger partial charge in [-0.1, -0.05) is 60.7 Å². The van der Waals surface area contributed by atoms with Crippen molar-refractivity contribution < 1.29 is 19.1 Å². The number of para-hydroxylation sites is 3. The number of H-pyrrole nitrogens is 1. The van der Waals surface area contributed by atoms with E-state index in [0.29, 0.717) is 29.2 Å². The largest absolute Gasteiger partial charge is 0.492 e. The van der Waals surface area contributed by atoms with E-state index in [1.54, 1.807) is 48.7 Å². The maximum Gasteiger partial charge on any atom is 0.341 e. The summed E-state index contributed by atoms with van der Waals surface area (Å²) in [5, 5.41) is 3.57. The minimum absolute atomic E-state index is 0.374. The Morgan fingerprint density at radius 1 is 0.935 bits per heavy atom. The second-order valence-corrected chi connectivity index (χ2v) is 6.86. The van der Waals surface area contributed by atoms with Crippen molar-refractivity contribution in [3.63, 3.8) is 0 Å². The Morgan fingerprint density at radius 2 is 1.65 bits per heavy atom. The lowest BCUT2D eigenvalue weighted by atomic mass is 10.1. The molecule has 31 heavy (non-hydrogen) atoms. The molecule has 0 saturated heterocycles. The van der Waals surface area contributed by atoms with Crippen molar-refractivity contribution in [1.82, 2.24) is 4.98 Å². The highest BCUT2D eigenvalue weighted by Gasteiger charge is 2.27. The molecule has 4 rings (SSSR count). The molecule has 0 aliphatic carbocycles. The van der Waals surface area contributed by atoms with Crippen molar-refractivity contribution in [1.29, 1.82) is 0 Å². The summed E-state index contributed by atoms with van der Waals surface area (Å²) in [7, 11) is 0. The van der Waals surface area contributed by atoms with Crippen LogP contribution >= 0.6 is 0 Å². The van der Waals surface area contributed by atoms with Crippen LogP contribution < -0.4 is 10.1 Å². The fourth-order valence-electron chi connectivity index (χ4n) is 3.36. The van der Waals surface area contributed by atoms with Crippen molar-refractivity contribution in [2.75, 3.05) is 11.9 Å². The van der Waals surface area contributed by atoms with Crippen molar-refractivity contribution in [2.45, 2.75) is 13.0 Å². The Kier molecular flexibility index (Phi) is 5.98. The van der Waals surface area contributed by atoms with Crippen molar-refractivity contribution in [2.24, 2.45) is 0 Å². The van der Waals surface area contributed by atoms with Gasteiger partial charge in [-0.05, 0) is 25.1 Å². The van der Waals surface area contributed by atoms with E-state index in [2.05, 4.69) is 10.3 Å². The van der Waals surface area contributed by atoms with Crippen LogP contribution in [0.2, 0.25) is 0 Å². The number of carbonyl (C=O) groups is 2. The van der Waals surface area contributed by atoms with Gasteiger partial charge in [-0.25, -0.2) is 4.79 Å². The highest BCUT2D eigenvalue weighted by Crippen LogP contribution is 2.28. The van der Waals surface area contributed by atoms with Crippen molar-refractivity contribution >= 4 is 28.5 Å². The Labute approximate surface area is 179 Å². The number of hydrogen-bond acceptors (Lipinski definition) is 4. The van der Waals surface area contributed by atoms with Gasteiger partial charge in [-0.15, -0.1) is 0 Å². The molecule has 0 unspecified atom stereocenters. The van der Waals surface area contributed by atoms with Gasteiger partial charge in [0, 0.05) is 22.7 Å². The molecule has 1 amide bonds. The first-order valence-corrected chi connectivity index (χ1v) is 10.0. The first-order valence-electron chi connectivity index (χ1n) is 10.0. The summed E-state index contributed by atoms with van der Waals surface area (Å²) in [6, 6.07) is 23.5. The van der Waals surface area contributed by atoms with Gasteiger partial charge >= 0.3 is 5.97 Å². The van der Waals surface area contributed by atoms with Crippen LogP contribution in [0, 0.1) is 0 Å². The minimum Gasteiger partial charge on any atom is -0.492 e. The monoisotopic (exact) mass is 414 g/mol. The molecule has 0 fully saturated rings. The smallest absolute Gasteiger partial charge is 0.341 e. The number of aromatic nitrogens is 1. The average Bonchev–Trinajstić information content (AvgIpc) is 3.24. The van der Waals surface area contributed by atoms with E-state index in [9.17, 15) is 9.59 Å². The molecule has 3 aromatic carbocycles. The number of aromatic amines is 1. The first-order chi connectivity index (χ1) is 15.2. The molecule has 0 aliphatic rings. The van der Waals surface area contributed by atoms with Crippen LogP contribution in [-0.2, 0) is 9.53 Å². The highest BCUT2D eigenvalue weighted by atomic mass is 16.5. The standard InChI is InChI=1S/C25H22N2O4/c1-2-30-22-15-9-8-14-21(22)27-24(28)23(17-10-4-3-5-11-17)31-25(29)19-16-26-20-13-7-6-12-18(19)20/h3-16,23,26H,2H2,1H3,(H,27,28)/t23-/m1/s1. The van der Waals surface area contributed by atoms with Crippen LogP contribution in [0.25, 0.3) is 10.9 Å². The Morgan fingerprint density at radius 3 is 2.45 bits per heavy atom. The molecule has 2 N–H and O–H groups in total. The number of ether oxygens (including phenoxy) is 2. The highest BCUT2D eigenvalue weighted by molar-refractivity contribution is 6.05. The van der Waals surface area contributed by atoms with Crippen LogP contribution in [0.5, 0.6) is 5.75 Å². The fraction of sp³-hybridized carbons (Fsp3) is 0.120. The number of carbonyl (C=O) groups excluding carboxylic acids is 2. The Hall–Kier alpha value is -4.06. The SMILES string of the molecule is CCOc1ccccc1NC(=O)[C@H](OC(=O)c1c[nH]c2ccccc12)c1ccccc1. The lowest BCUT2D eigenvalue weighted by Gasteiger charge is -2.19. The lowest BCUT2D eigenvalue weighted by molar-refractivity contribution is -0.125. The number of anilines is 1. The maximum absolute atomic E-state index is 13.2. The molecule has 4 aromatic rings.